The molecule has 4 aromatic rings. The predicted octanol–water partition coefficient (Wildman–Crippen LogP) is 7.80. The van der Waals surface area contributed by atoms with Gasteiger partial charge in [0.05, 0.1) is 41.1 Å². The molecule has 0 amide bonds. The molecule has 0 radical (unpaired) electrons. The Morgan fingerprint density at radius 2 is 1.27 bits per heavy atom. The van der Waals surface area contributed by atoms with Gasteiger partial charge in [-0.05, 0) is 36.8 Å². The van der Waals surface area contributed by atoms with E-state index in [-0.39, 0.29) is 6.10 Å². The first-order valence-electron chi connectivity index (χ1n) is 9.14. The molecule has 0 spiro atoms. The highest BCUT2D eigenvalue weighted by atomic mass is 35.5. The minimum absolute atomic E-state index is 0.245. The van der Waals surface area contributed by atoms with Gasteiger partial charge in [0, 0.05) is 0 Å². The molecular formula is C22H19Cl2O5P. The van der Waals surface area contributed by atoms with E-state index in [0.717, 1.165) is 5.56 Å². The number of halogens is 2. The van der Waals surface area contributed by atoms with Gasteiger partial charge in [0.15, 0.2) is 0 Å². The topological polar surface area (TPSA) is 54.0 Å². The van der Waals surface area contributed by atoms with E-state index < -0.39 is 8.24 Å². The Kier molecular flexibility index (Phi) is 6.16. The number of hydrogen-bond acceptors (Lipinski definition) is 5. The van der Waals surface area contributed by atoms with E-state index in [9.17, 15) is 0 Å². The van der Waals surface area contributed by atoms with Crippen molar-refractivity contribution in [2.45, 2.75) is 13.0 Å². The number of methoxy groups -OCH3 is 2. The maximum absolute atomic E-state index is 6.40. The van der Waals surface area contributed by atoms with Crippen molar-refractivity contribution in [2.75, 3.05) is 14.2 Å². The van der Waals surface area contributed by atoms with E-state index >= 15 is 0 Å². The summed E-state index contributed by atoms with van der Waals surface area (Å²) in [5.74, 6) is 0.875. The third-order valence-corrected chi connectivity index (χ3v) is 6.44. The van der Waals surface area contributed by atoms with Crippen LogP contribution in [-0.4, -0.2) is 14.2 Å². The fourth-order valence-corrected chi connectivity index (χ4v) is 4.84. The number of hydrogen-bond donors (Lipinski definition) is 0. The largest absolute Gasteiger partial charge is 0.494 e. The van der Waals surface area contributed by atoms with Gasteiger partial charge in [-0.3, -0.25) is 4.52 Å². The molecule has 0 N–H and O–H groups in total. The molecule has 4 rings (SSSR count). The Balaban J connectivity index is 2.03. The van der Waals surface area contributed by atoms with Crippen molar-refractivity contribution in [3.63, 3.8) is 0 Å². The third-order valence-electron chi connectivity index (χ3n) is 4.66. The molecule has 1 heterocycles. The molecule has 3 aromatic carbocycles. The van der Waals surface area contributed by atoms with Crippen LogP contribution in [0.4, 0.5) is 0 Å². The second-order valence-electron chi connectivity index (χ2n) is 6.47. The summed E-state index contributed by atoms with van der Waals surface area (Å²) in [6.45, 7) is 1.95. The Morgan fingerprint density at radius 3 is 1.73 bits per heavy atom. The molecule has 0 aliphatic carbocycles. The van der Waals surface area contributed by atoms with E-state index in [1.54, 1.807) is 38.5 Å². The minimum atomic E-state index is -1.79. The van der Waals surface area contributed by atoms with Crippen molar-refractivity contribution < 1.29 is 22.4 Å². The monoisotopic (exact) mass is 464 g/mol. The quantitative estimate of drug-likeness (QED) is 0.301. The summed E-state index contributed by atoms with van der Waals surface area (Å²) in [5.41, 5.74) is 2.02. The molecule has 0 aliphatic rings. The summed E-state index contributed by atoms with van der Waals surface area (Å²) in [6.07, 6.45) is -0.245. The summed E-state index contributed by atoms with van der Waals surface area (Å²) in [4.78, 5) is 0. The zero-order valence-electron chi connectivity index (χ0n) is 16.5. The number of rotatable bonds is 5. The van der Waals surface area contributed by atoms with Crippen molar-refractivity contribution in [1.29, 1.82) is 0 Å². The van der Waals surface area contributed by atoms with Crippen LogP contribution in [0.15, 0.2) is 63.0 Å². The minimum Gasteiger partial charge on any atom is -0.494 e. The average Bonchev–Trinajstić information content (AvgIpc) is 2.91. The summed E-state index contributed by atoms with van der Waals surface area (Å²) in [5, 5.41) is 2.05. The standard InChI is InChI=1S/C22H19Cl2O5P/c1-13(14-7-5-4-6-8-14)27-30-28-17-11-9-15(23)21(25-2)19(17)20-18(29-30)12-10-16(24)22(20)26-3/h4-13H,1-3H3/t13-/m0/s1. The second-order valence-corrected chi connectivity index (χ2v) is 8.31. The van der Waals surface area contributed by atoms with Crippen LogP contribution < -0.4 is 14.0 Å². The van der Waals surface area contributed by atoms with Crippen molar-refractivity contribution in [3.8, 4) is 11.5 Å². The molecule has 0 saturated carbocycles. The van der Waals surface area contributed by atoms with Crippen LogP contribution in [-0.2, 0) is 0 Å². The summed E-state index contributed by atoms with van der Waals surface area (Å²) in [7, 11) is 1.30. The van der Waals surface area contributed by atoms with Crippen LogP contribution in [0.1, 0.15) is 18.6 Å². The second kappa shape index (κ2) is 8.83. The van der Waals surface area contributed by atoms with Gasteiger partial charge in [0.1, 0.15) is 22.7 Å². The van der Waals surface area contributed by atoms with Gasteiger partial charge in [0.2, 0.25) is 0 Å². The van der Waals surface area contributed by atoms with Crippen LogP contribution >= 0.6 is 31.4 Å². The lowest BCUT2D eigenvalue weighted by Crippen LogP contribution is -1.99. The average molecular weight is 465 g/mol. The van der Waals surface area contributed by atoms with Gasteiger partial charge in [-0.15, -0.1) is 0 Å². The van der Waals surface area contributed by atoms with Gasteiger partial charge in [-0.1, -0.05) is 53.5 Å². The molecule has 0 saturated heterocycles. The summed E-state index contributed by atoms with van der Waals surface area (Å²) < 4.78 is 29.6. The number of fused-ring (bicyclic) bond motifs is 3. The van der Waals surface area contributed by atoms with Crippen LogP contribution in [0.25, 0.3) is 21.9 Å². The number of ether oxygens (including phenoxy) is 2. The maximum atomic E-state index is 6.40. The Morgan fingerprint density at radius 1 is 0.767 bits per heavy atom. The first kappa shape index (κ1) is 21.0. The molecule has 5 nitrogen and oxygen atoms in total. The highest BCUT2D eigenvalue weighted by Gasteiger charge is 2.20. The zero-order chi connectivity index (χ0) is 21.3. The fourth-order valence-electron chi connectivity index (χ4n) is 3.24. The predicted molar refractivity (Wildman–Crippen MR) is 121 cm³/mol. The highest BCUT2D eigenvalue weighted by molar-refractivity contribution is 7.31. The maximum Gasteiger partial charge on any atom is 0.388 e. The fraction of sp³-hybridized carbons (Fsp3) is 0.182. The van der Waals surface area contributed by atoms with Gasteiger partial charge in [0.25, 0.3) is 0 Å². The van der Waals surface area contributed by atoms with E-state index in [1.807, 2.05) is 37.3 Å². The smallest absolute Gasteiger partial charge is 0.388 e. The lowest BCUT2D eigenvalue weighted by molar-refractivity contribution is 0.285. The molecule has 8 heteroatoms. The Bertz CT molecular complexity index is 1170. The highest BCUT2D eigenvalue weighted by Crippen LogP contribution is 2.46. The van der Waals surface area contributed by atoms with E-state index in [0.29, 0.717) is 43.5 Å². The lowest BCUT2D eigenvalue weighted by atomic mass is 10.1. The molecule has 156 valence electrons. The van der Waals surface area contributed by atoms with Gasteiger partial charge < -0.3 is 17.9 Å². The number of benzene rings is 3. The van der Waals surface area contributed by atoms with Crippen molar-refractivity contribution in [1.82, 2.24) is 0 Å². The molecular weight excluding hydrogens is 446 g/mol. The van der Waals surface area contributed by atoms with Crippen LogP contribution in [0, 0.1) is 0 Å². The first-order chi connectivity index (χ1) is 14.5. The lowest BCUT2D eigenvalue weighted by Gasteiger charge is -2.10. The van der Waals surface area contributed by atoms with Crippen molar-refractivity contribution >= 4 is 53.4 Å². The summed E-state index contributed by atoms with van der Waals surface area (Å²) in [6, 6.07) is 16.8. The molecule has 0 aliphatic heterocycles. The SMILES string of the molecule is COc1c(Cl)ccc2op(O[C@@H](C)c3ccccc3)oc3ccc(Cl)c(OC)c3c12. The van der Waals surface area contributed by atoms with E-state index in [4.69, 9.17) is 45.6 Å². The molecule has 1 atom stereocenters. The van der Waals surface area contributed by atoms with Crippen LogP contribution in [0.2, 0.25) is 10.0 Å². The Labute approximate surface area is 184 Å². The molecule has 30 heavy (non-hydrogen) atoms. The third kappa shape index (κ3) is 3.86. The van der Waals surface area contributed by atoms with Gasteiger partial charge in [-0.25, -0.2) is 0 Å². The Hall–Kier alpha value is -2.30. The first-order valence-corrected chi connectivity index (χ1v) is 11.0. The molecule has 0 bridgehead atoms. The van der Waals surface area contributed by atoms with E-state index in [2.05, 4.69) is 0 Å². The molecule has 0 fully saturated rings. The van der Waals surface area contributed by atoms with Gasteiger partial charge >= 0.3 is 8.24 Å². The molecule has 1 aromatic heterocycles. The van der Waals surface area contributed by atoms with Crippen molar-refractivity contribution in [2.24, 2.45) is 0 Å². The van der Waals surface area contributed by atoms with Crippen LogP contribution in [0.5, 0.6) is 11.5 Å². The van der Waals surface area contributed by atoms with Gasteiger partial charge in [-0.2, -0.15) is 0 Å². The molecule has 0 unspecified atom stereocenters. The van der Waals surface area contributed by atoms with Crippen LogP contribution in [0.3, 0.4) is 0 Å². The zero-order valence-corrected chi connectivity index (χ0v) is 18.9. The summed E-state index contributed by atoms with van der Waals surface area (Å²) >= 11 is 12.8. The normalized spacial score (nSPS) is 12.2. The van der Waals surface area contributed by atoms with E-state index in [1.165, 1.54) is 0 Å². The van der Waals surface area contributed by atoms with Crippen molar-refractivity contribution in [3.05, 3.63) is 70.2 Å².